The summed E-state index contributed by atoms with van der Waals surface area (Å²) in [6, 6.07) is 5.53. The van der Waals surface area contributed by atoms with Crippen LogP contribution < -0.4 is 5.73 Å². The van der Waals surface area contributed by atoms with Gasteiger partial charge in [0.25, 0.3) is 5.91 Å². The third-order valence-corrected chi connectivity index (χ3v) is 4.71. The van der Waals surface area contributed by atoms with Crippen LogP contribution >= 0.6 is 0 Å². The Balaban J connectivity index is 2.17. The van der Waals surface area contributed by atoms with Gasteiger partial charge in [0.15, 0.2) is 0 Å². The number of benzene rings is 1. The minimum atomic E-state index is 0.154. The van der Waals surface area contributed by atoms with E-state index in [1.807, 2.05) is 30.0 Å². The largest absolute Gasteiger partial charge is 0.399 e. The molecule has 0 aromatic heterocycles. The van der Waals surface area contributed by atoms with Gasteiger partial charge in [-0.05, 0) is 55.4 Å². The lowest BCUT2D eigenvalue weighted by Gasteiger charge is -2.26. The lowest BCUT2D eigenvalue weighted by atomic mass is 9.82. The molecule has 3 nitrogen and oxygen atoms in total. The molecule has 104 valence electrons. The Kier molecular flexibility index (Phi) is 3.83. The molecule has 3 heteroatoms. The monoisotopic (exact) mass is 260 g/mol. The Morgan fingerprint density at radius 2 is 2.05 bits per heavy atom. The summed E-state index contributed by atoms with van der Waals surface area (Å²) in [5.74, 6) is 0.154. The van der Waals surface area contributed by atoms with E-state index in [0.717, 1.165) is 43.5 Å². The second-order valence-electron chi connectivity index (χ2n) is 5.76. The SMILES string of the molecule is CCC1(CC)CCN(C(=O)c2ccc(N)cc2C)C1. The molecule has 0 saturated carbocycles. The molecule has 2 N–H and O–H groups in total. The van der Waals surface area contributed by atoms with Crippen molar-refractivity contribution in [3.63, 3.8) is 0 Å². The van der Waals surface area contributed by atoms with Gasteiger partial charge in [-0.25, -0.2) is 0 Å². The van der Waals surface area contributed by atoms with Crippen molar-refractivity contribution in [2.24, 2.45) is 5.41 Å². The van der Waals surface area contributed by atoms with Gasteiger partial charge in [0.05, 0.1) is 0 Å². The maximum Gasteiger partial charge on any atom is 0.254 e. The summed E-state index contributed by atoms with van der Waals surface area (Å²) in [4.78, 5) is 14.6. The van der Waals surface area contributed by atoms with Gasteiger partial charge in [-0.15, -0.1) is 0 Å². The summed E-state index contributed by atoms with van der Waals surface area (Å²) in [5.41, 5.74) is 8.54. The van der Waals surface area contributed by atoms with E-state index in [1.54, 1.807) is 0 Å². The maximum atomic E-state index is 12.6. The van der Waals surface area contributed by atoms with Crippen LogP contribution in [-0.2, 0) is 0 Å². The van der Waals surface area contributed by atoms with Gasteiger partial charge in [-0.1, -0.05) is 13.8 Å². The Hall–Kier alpha value is -1.51. The van der Waals surface area contributed by atoms with Gasteiger partial charge in [0.2, 0.25) is 0 Å². The molecule has 2 rings (SSSR count). The number of hydrogen-bond donors (Lipinski definition) is 1. The molecule has 0 atom stereocenters. The third-order valence-electron chi connectivity index (χ3n) is 4.71. The summed E-state index contributed by atoms with van der Waals surface area (Å²) in [6.07, 6.45) is 3.42. The quantitative estimate of drug-likeness (QED) is 0.848. The number of nitrogen functional groups attached to an aromatic ring is 1. The van der Waals surface area contributed by atoms with Gasteiger partial charge in [0, 0.05) is 24.3 Å². The fourth-order valence-corrected chi connectivity index (χ4v) is 3.03. The van der Waals surface area contributed by atoms with Crippen molar-refractivity contribution >= 4 is 11.6 Å². The molecular weight excluding hydrogens is 236 g/mol. The van der Waals surface area contributed by atoms with E-state index in [4.69, 9.17) is 5.73 Å². The highest BCUT2D eigenvalue weighted by atomic mass is 16.2. The molecule has 1 fully saturated rings. The number of rotatable bonds is 3. The van der Waals surface area contributed by atoms with Crippen LogP contribution in [0.1, 0.15) is 49.0 Å². The molecule has 0 bridgehead atoms. The molecule has 1 aliphatic rings. The molecular formula is C16H24N2O. The average Bonchev–Trinajstić information content (AvgIpc) is 2.83. The number of likely N-dealkylation sites (tertiary alicyclic amines) is 1. The van der Waals surface area contributed by atoms with Crippen molar-refractivity contribution in [3.05, 3.63) is 29.3 Å². The van der Waals surface area contributed by atoms with Crippen molar-refractivity contribution in [1.82, 2.24) is 4.90 Å². The smallest absolute Gasteiger partial charge is 0.254 e. The molecule has 0 aliphatic carbocycles. The summed E-state index contributed by atoms with van der Waals surface area (Å²) < 4.78 is 0. The van der Waals surface area contributed by atoms with Crippen LogP contribution in [-0.4, -0.2) is 23.9 Å². The third kappa shape index (κ3) is 2.60. The number of aryl methyl sites for hydroxylation is 1. The number of nitrogens with two attached hydrogens (primary N) is 1. The van der Waals surface area contributed by atoms with E-state index in [0.29, 0.717) is 11.1 Å². The van der Waals surface area contributed by atoms with Gasteiger partial charge in [-0.2, -0.15) is 0 Å². The first-order chi connectivity index (χ1) is 9.01. The van der Waals surface area contributed by atoms with Crippen LogP contribution in [0, 0.1) is 12.3 Å². The molecule has 1 saturated heterocycles. The highest BCUT2D eigenvalue weighted by Gasteiger charge is 2.37. The minimum absolute atomic E-state index is 0.154. The van der Waals surface area contributed by atoms with Crippen molar-refractivity contribution in [2.45, 2.75) is 40.0 Å². The summed E-state index contributed by atoms with van der Waals surface area (Å²) in [7, 11) is 0. The van der Waals surface area contributed by atoms with Gasteiger partial charge < -0.3 is 10.6 Å². The van der Waals surface area contributed by atoms with E-state index in [1.165, 1.54) is 0 Å². The summed E-state index contributed by atoms with van der Waals surface area (Å²) in [5, 5.41) is 0. The van der Waals surface area contributed by atoms with Crippen molar-refractivity contribution in [1.29, 1.82) is 0 Å². The molecule has 1 amide bonds. The fourth-order valence-electron chi connectivity index (χ4n) is 3.03. The molecule has 1 aromatic carbocycles. The Morgan fingerprint density at radius 1 is 1.37 bits per heavy atom. The zero-order valence-corrected chi connectivity index (χ0v) is 12.2. The van der Waals surface area contributed by atoms with E-state index in [2.05, 4.69) is 13.8 Å². The number of anilines is 1. The highest BCUT2D eigenvalue weighted by molar-refractivity contribution is 5.96. The molecule has 0 radical (unpaired) electrons. The predicted octanol–water partition coefficient (Wildman–Crippen LogP) is 3.23. The van der Waals surface area contributed by atoms with Crippen molar-refractivity contribution in [2.75, 3.05) is 18.8 Å². The number of carbonyl (C=O) groups excluding carboxylic acids is 1. The van der Waals surface area contributed by atoms with E-state index < -0.39 is 0 Å². The molecule has 0 spiro atoms. The first-order valence-electron chi connectivity index (χ1n) is 7.17. The lowest BCUT2D eigenvalue weighted by molar-refractivity contribution is 0.0769. The Labute approximate surface area is 115 Å². The van der Waals surface area contributed by atoms with Crippen LogP contribution in [0.3, 0.4) is 0 Å². The molecule has 19 heavy (non-hydrogen) atoms. The molecule has 0 unspecified atom stereocenters. The number of amides is 1. The predicted molar refractivity (Wildman–Crippen MR) is 79.1 cm³/mol. The van der Waals surface area contributed by atoms with Crippen molar-refractivity contribution in [3.8, 4) is 0 Å². The second kappa shape index (κ2) is 5.24. The maximum absolute atomic E-state index is 12.6. The zero-order valence-electron chi connectivity index (χ0n) is 12.2. The van der Waals surface area contributed by atoms with Crippen molar-refractivity contribution < 1.29 is 4.79 Å². The van der Waals surface area contributed by atoms with Gasteiger partial charge >= 0.3 is 0 Å². The first kappa shape index (κ1) is 13.9. The van der Waals surface area contributed by atoms with Crippen LogP contribution in [0.15, 0.2) is 18.2 Å². The molecule has 1 aromatic rings. The molecule has 1 aliphatic heterocycles. The summed E-state index contributed by atoms with van der Waals surface area (Å²) in [6.45, 7) is 8.18. The fraction of sp³-hybridized carbons (Fsp3) is 0.562. The van der Waals surface area contributed by atoms with E-state index >= 15 is 0 Å². The average molecular weight is 260 g/mol. The number of carbonyl (C=O) groups is 1. The Morgan fingerprint density at radius 3 is 2.58 bits per heavy atom. The van der Waals surface area contributed by atoms with E-state index in [9.17, 15) is 4.79 Å². The minimum Gasteiger partial charge on any atom is -0.399 e. The first-order valence-corrected chi connectivity index (χ1v) is 7.17. The number of hydrogen-bond acceptors (Lipinski definition) is 2. The van der Waals surface area contributed by atoms with Crippen LogP contribution in [0.4, 0.5) is 5.69 Å². The van der Waals surface area contributed by atoms with Gasteiger partial charge in [-0.3, -0.25) is 4.79 Å². The van der Waals surface area contributed by atoms with Gasteiger partial charge in [0.1, 0.15) is 0 Å². The normalized spacial score (nSPS) is 17.7. The lowest BCUT2D eigenvalue weighted by Crippen LogP contribution is -2.32. The number of nitrogens with zero attached hydrogens (tertiary/aromatic N) is 1. The molecule has 1 heterocycles. The summed E-state index contributed by atoms with van der Waals surface area (Å²) >= 11 is 0. The highest BCUT2D eigenvalue weighted by Crippen LogP contribution is 2.37. The van der Waals surface area contributed by atoms with E-state index in [-0.39, 0.29) is 5.91 Å². The zero-order chi connectivity index (χ0) is 14.0. The Bertz CT molecular complexity index is 478. The standard InChI is InChI=1S/C16H24N2O/c1-4-16(5-2)8-9-18(11-16)15(19)14-7-6-13(17)10-12(14)3/h6-7,10H,4-5,8-9,11,17H2,1-3H3. The van der Waals surface area contributed by atoms with Crippen LogP contribution in [0.25, 0.3) is 0 Å². The van der Waals surface area contributed by atoms with Crippen LogP contribution in [0.5, 0.6) is 0 Å². The second-order valence-corrected chi connectivity index (χ2v) is 5.76. The topological polar surface area (TPSA) is 46.3 Å². The van der Waals surface area contributed by atoms with Crippen LogP contribution in [0.2, 0.25) is 0 Å².